The van der Waals surface area contributed by atoms with Gasteiger partial charge in [-0.2, -0.15) is 0 Å². The van der Waals surface area contributed by atoms with Crippen LogP contribution in [0.15, 0.2) is 23.1 Å². The van der Waals surface area contributed by atoms with Gasteiger partial charge in [-0.3, -0.25) is 0 Å². The highest BCUT2D eigenvalue weighted by Crippen LogP contribution is 2.31. The van der Waals surface area contributed by atoms with Crippen molar-refractivity contribution in [1.29, 1.82) is 0 Å². The molecule has 7 heteroatoms. The summed E-state index contributed by atoms with van der Waals surface area (Å²) in [5.41, 5.74) is 5.90. The molecule has 0 aliphatic heterocycles. The van der Waals surface area contributed by atoms with Crippen molar-refractivity contribution in [2.24, 2.45) is 11.7 Å². The number of methoxy groups -OCH3 is 2. The van der Waals surface area contributed by atoms with Gasteiger partial charge in [0.25, 0.3) is 0 Å². The first-order valence-corrected chi connectivity index (χ1v) is 7.93. The van der Waals surface area contributed by atoms with Crippen LogP contribution >= 0.6 is 0 Å². The molecule has 1 atom stereocenters. The molecule has 0 bridgehead atoms. The second kappa shape index (κ2) is 5.99. The molecule has 1 aliphatic carbocycles. The van der Waals surface area contributed by atoms with Gasteiger partial charge in [-0.05, 0) is 18.8 Å². The lowest BCUT2D eigenvalue weighted by Gasteiger charge is -2.13. The maximum absolute atomic E-state index is 12.2. The molecule has 0 aromatic heterocycles. The highest BCUT2D eigenvalue weighted by Gasteiger charge is 2.29. The number of hydrogen-bond acceptors (Lipinski definition) is 5. The summed E-state index contributed by atoms with van der Waals surface area (Å²) in [6.45, 7) is 0.243. The Morgan fingerprint density at radius 2 is 1.80 bits per heavy atom. The molecule has 1 aromatic carbocycles. The van der Waals surface area contributed by atoms with Crippen molar-refractivity contribution < 1.29 is 17.9 Å². The molecule has 20 heavy (non-hydrogen) atoms. The number of nitrogens with two attached hydrogens (primary N) is 1. The summed E-state index contributed by atoms with van der Waals surface area (Å²) in [6.07, 6.45) is 2.16. The van der Waals surface area contributed by atoms with Crippen molar-refractivity contribution in [3.63, 3.8) is 0 Å². The van der Waals surface area contributed by atoms with Gasteiger partial charge in [0.05, 0.1) is 19.1 Å². The second-order valence-electron chi connectivity index (χ2n) is 4.90. The normalized spacial score (nSPS) is 16.8. The van der Waals surface area contributed by atoms with Crippen LogP contribution in [0, 0.1) is 5.92 Å². The van der Waals surface area contributed by atoms with E-state index in [-0.39, 0.29) is 17.5 Å². The van der Waals surface area contributed by atoms with Gasteiger partial charge in [-0.1, -0.05) is 0 Å². The Kier molecular flexibility index (Phi) is 4.52. The van der Waals surface area contributed by atoms with Gasteiger partial charge < -0.3 is 15.2 Å². The largest absolute Gasteiger partial charge is 0.497 e. The van der Waals surface area contributed by atoms with Gasteiger partial charge in [0, 0.05) is 30.8 Å². The molecule has 0 spiro atoms. The summed E-state index contributed by atoms with van der Waals surface area (Å²) in [5, 5.41) is 0. The fourth-order valence-electron chi connectivity index (χ4n) is 1.92. The SMILES string of the molecule is COc1cc(OC)cc(S(=O)(=O)NCC(N)C2CC2)c1. The third-order valence-electron chi connectivity index (χ3n) is 3.37. The Labute approximate surface area is 119 Å². The number of ether oxygens (including phenoxy) is 2. The van der Waals surface area contributed by atoms with Crippen molar-refractivity contribution in [2.45, 2.75) is 23.8 Å². The number of sulfonamides is 1. The average Bonchev–Trinajstić information content (AvgIpc) is 3.28. The van der Waals surface area contributed by atoms with Crippen LogP contribution < -0.4 is 19.9 Å². The van der Waals surface area contributed by atoms with Gasteiger partial charge in [0.1, 0.15) is 11.5 Å². The minimum atomic E-state index is -3.62. The van der Waals surface area contributed by atoms with Crippen LogP contribution in [-0.4, -0.2) is 35.2 Å². The van der Waals surface area contributed by atoms with Crippen molar-refractivity contribution in [3.8, 4) is 11.5 Å². The molecule has 1 aliphatic rings. The quantitative estimate of drug-likeness (QED) is 0.774. The molecule has 1 fully saturated rings. The Hall–Kier alpha value is -1.31. The zero-order chi connectivity index (χ0) is 14.8. The third kappa shape index (κ3) is 3.62. The first-order chi connectivity index (χ1) is 9.46. The Morgan fingerprint density at radius 3 is 2.25 bits per heavy atom. The van der Waals surface area contributed by atoms with E-state index in [1.165, 1.54) is 26.4 Å². The number of rotatable bonds is 7. The smallest absolute Gasteiger partial charge is 0.240 e. The fraction of sp³-hybridized carbons (Fsp3) is 0.538. The van der Waals surface area contributed by atoms with Gasteiger partial charge >= 0.3 is 0 Å². The number of benzene rings is 1. The number of nitrogens with one attached hydrogen (secondary N) is 1. The zero-order valence-electron chi connectivity index (χ0n) is 11.6. The Morgan fingerprint density at radius 1 is 1.25 bits per heavy atom. The molecule has 0 amide bonds. The van der Waals surface area contributed by atoms with E-state index in [4.69, 9.17) is 15.2 Å². The molecular formula is C13H20N2O4S. The molecule has 0 radical (unpaired) electrons. The van der Waals surface area contributed by atoms with E-state index in [2.05, 4.69) is 4.72 Å². The van der Waals surface area contributed by atoms with E-state index in [1.54, 1.807) is 6.07 Å². The first kappa shape index (κ1) is 15.1. The van der Waals surface area contributed by atoms with E-state index < -0.39 is 10.0 Å². The number of hydrogen-bond donors (Lipinski definition) is 2. The Balaban J connectivity index is 2.14. The molecule has 1 saturated carbocycles. The van der Waals surface area contributed by atoms with E-state index >= 15 is 0 Å². The molecule has 112 valence electrons. The average molecular weight is 300 g/mol. The third-order valence-corrected chi connectivity index (χ3v) is 4.77. The lowest BCUT2D eigenvalue weighted by atomic mass is 10.2. The summed E-state index contributed by atoms with van der Waals surface area (Å²) in [5.74, 6) is 1.30. The topological polar surface area (TPSA) is 90.6 Å². The maximum atomic E-state index is 12.2. The monoisotopic (exact) mass is 300 g/mol. The van der Waals surface area contributed by atoms with E-state index in [1.807, 2.05) is 0 Å². The molecule has 2 rings (SSSR count). The van der Waals surface area contributed by atoms with Crippen LogP contribution in [0.3, 0.4) is 0 Å². The second-order valence-corrected chi connectivity index (χ2v) is 6.67. The minimum absolute atomic E-state index is 0.108. The summed E-state index contributed by atoms with van der Waals surface area (Å²) < 4.78 is 37.2. The minimum Gasteiger partial charge on any atom is -0.497 e. The summed E-state index contributed by atoms with van der Waals surface area (Å²) in [6, 6.07) is 4.40. The zero-order valence-corrected chi connectivity index (χ0v) is 12.4. The molecule has 0 saturated heterocycles. The fourth-order valence-corrected chi connectivity index (χ4v) is 3.04. The lowest BCUT2D eigenvalue weighted by Crippen LogP contribution is -2.38. The standard InChI is InChI=1S/C13H20N2O4S/c1-18-10-5-11(19-2)7-12(6-10)20(16,17)15-8-13(14)9-3-4-9/h5-7,9,13,15H,3-4,8,14H2,1-2H3. The Bertz CT molecular complexity index is 547. The maximum Gasteiger partial charge on any atom is 0.240 e. The molecule has 3 N–H and O–H groups in total. The van der Waals surface area contributed by atoms with Crippen LogP contribution in [0.2, 0.25) is 0 Å². The predicted molar refractivity (Wildman–Crippen MR) is 75.4 cm³/mol. The van der Waals surface area contributed by atoms with Crippen molar-refractivity contribution >= 4 is 10.0 Å². The first-order valence-electron chi connectivity index (χ1n) is 6.44. The van der Waals surface area contributed by atoms with E-state index in [0.29, 0.717) is 17.4 Å². The summed E-state index contributed by atoms with van der Waals surface area (Å²) >= 11 is 0. The summed E-state index contributed by atoms with van der Waals surface area (Å²) in [4.78, 5) is 0.108. The van der Waals surface area contributed by atoms with Crippen molar-refractivity contribution in [1.82, 2.24) is 4.72 Å². The van der Waals surface area contributed by atoms with Crippen LogP contribution in [0.4, 0.5) is 0 Å². The lowest BCUT2D eigenvalue weighted by molar-refractivity contribution is 0.392. The molecular weight excluding hydrogens is 280 g/mol. The molecule has 6 nitrogen and oxygen atoms in total. The molecule has 0 heterocycles. The van der Waals surface area contributed by atoms with E-state index in [0.717, 1.165) is 12.8 Å². The molecule has 1 unspecified atom stereocenters. The van der Waals surface area contributed by atoms with Crippen LogP contribution in [0.5, 0.6) is 11.5 Å². The van der Waals surface area contributed by atoms with Crippen LogP contribution in [0.25, 0.3) is 0 Å². The van der Waals surface area contributed by atoms with Gasteiger partial charge in [-0.15, -0.1) is 0 Å². The van der Waals surface area contributed by atoms with Gasteiger partial charge in [0.15, 0.2) is 0 Å². The van der Waals surface area contributed by atoms with Crippen molar-refractivity contribution in [2.75, 3.05) is 20.8 Å². The van der Waals surface area contributed by atoms with Crippen LogP contribution in [0.1, 0.15) is 12.8 Å². The van der Waals surface area contributed by atoms with Gasteiger partial charge in [-0.25, -0.2) is 13.1 Å². The van der Waals surface area contributed by atoms with Crippen molar-refractivity contribution in [3.05, 3.63) is 18.2 Å². The van der Waals surface area contributed by atoms with E-state index in [9.17, 15) is 8.42 Å². The van der Waals surface area contributed by atoms with Gasteiger partial charge in [0.2, 0.25) is 10.0 Å². The summed E-state index contributed by atoms with van der Waals surface area (Å²) in [7, 11) is -0.669. The highest BCUT2D eigenvalue weighted by atomic mass is 32.2. The molecule has 1 aromatic rings. The predicted octanol–water partition coefficient (Wildman–Crippen LogP) is 0.719. The van der Waals surface area contributed by atoms with Crippen LogP contribution in [-0.2, 0) is 10.0 Å². The highest BCUT2D eigenvalue weighted by molar-refractivity contribution is 7.89.